The summed E-state index contributed by atoms with van der Waals surface area (Å²) in [5.74, 6) is 0. The van der Waals surface area contributed by atoms with Gasteiger partial charge in [-0.25, -0.2) is 0 Å². The number of hydrogen-bond donors (Lipinski definition) is 1. The fraction of sp³-hybridized carbons (Fsp3) is 0.538. The molecule has 1 N–H and O–H groups in total. The maximum absolute atomic E-state index is 6.05. The van der Waals surface area contributed by atoms with Gasteiger partial charge in [-0.3, -0.25) is 0 Å². The second-order valence-corrected chi connectivity index (χ2v) is 4.92. The van der Waals surface area contributed by atoms with Crippen molar-refractivity contribution < 1.29 is 0 Å². The maximum Gasteiger partial charge on any atom is 0.0411 e. The topological polar surface area (TPSA) is 12.0 Å². The molecule has 1 saturated heterocycles. The van der Waals surface area contributed by atoms with E-state index in [-0.39, 0.29) is 0 Å². The number of halogens is 1. The Morgan fingerprint density at radius 3 is 2.87 bits per heavy atom. The van der Waals surface area contributed by atoms with E-state index in [1.165, 1.54) is 36.9 Å². The van der Waals surface area contributed by atoms with Crippen molar-refractivity contribution in [1.29, 1.82) is 0 Å². The lowest BCUT2D eigenvalue weighted by molar-refractivity contribution is 0.399. The Morgan fingerprint density at radius 2 is 2.20 bits per heavy atom. The highest BCUT2D eigenvalue weighted by molar-refractivity contribution is 6.30. The first kappa shape index (κ1) is 11.0. The van der Waals surface area contributed by atoms with Crippen LogP contribution in [0.2, 0.25) is 5.02 Å². The third-order valence-corrected chi connectivity index (χ3v) is 3.21. The third kappa shape index (κ3) is 3.22. The lowest BCUT2D eigenvalue weighted by Crippen LogP contribution is -2.35. The van der Waals surface area contributed by atoms with Crippen LogP contribution in [0.1, 0.15) is 30.4 Å². The predicted octanol–water partition coefficient (Wildman–Crippen LogP) is 3.33. The molecule has 0 radical (unpaired) electrons. The van der Waals surface area contributed by atoms with Gasteiger partial charge in [0.15, 0.2) is 0 Å². The monoisotopic (exact) mass is 223 g/mol. The number of piperidine rings is 1. The standard InChI is InChI=1S/C13H18ClN/c1-10-6-11(8-12(14)7-10)9-13-4-2-3-5-15-13/h6-8,13,15H,2-5,9H2,1H3. The molecule has 2 rings (SSSR count). The minimum absolute atomic E-state index is 0.650. The highest BCUT2D eigenvalue weighted by atomic mass is 35.5. The second-order valence-electron chi connectivity index (χ2n) is 4.49. The van der Waals surface area contributed by atoms with Gasteiger partial charge >= 0.3 is 0 Å². The molecule has 0 aromatic heterocycles. The summed E-state index contributed by atoms with van der Waals surface area (Å²) in [6.45, 7) is 3.27. The molecular weight excluding hydrogens is 206 g/mol. The van der Waals surface area contributed by atoms with Crippen LogP contribution in [0.25, 0.3) is 0 Å². The fourth-order valence-corrected chi connectivity index (χ4v) is 2.62. The molecule has 1 aliphatic heterocycles. The summed E-state index contributed by atoms with van der Waals surface area (Å²) in [4.78, 5) is 0. The maximum atomic E-state index is 6.05. The van der Waals surface area contributed by atoms with Gasteiger partial charge in [0, 0.05) is 11.1 Å². The van der Waals surface area contributed by atoms with Crippen molar-refractivity contribution in [1.82, 2.24) is 5.32 Å². The summed E-state index contributed by atoms with van der Waals surface area (Å²) < 4.78 is 0. The molecule has 2 heteroatoms. The average molecular weight is 224 g/mol. The largest absolute Gasteiger partial charge is 0.314 e. The zero-order valence-electron chi connectivity index (χ0n) is 9.22. The van der Waals surface area contributed by atoms with Crippen molar-refractivity contribution >= 4 is 11.6 Å². The van der Waals surface area contributed by atoms with Crippen molar-refractivity contribution in [2.24, 2.45) is 0 Å². The molecule has 0 aliphatic carbocycles. The normalized spacial score (nSPS) is 21.6. The Bertz CT molecular complexity index is 309. The molecule has 1 fully saturated rings. The van der Waals surface area contributed by atoms with Crippen LogP contribution in [0, 0.1) is 6.92 Å². The van der Waals surface area contributed by atoms with Gasteiger partial charge in [0.25, 0.3) is 0 Å². The first-order chi connectivity index (χ1) is 7.24. The van der Waals surface area contributed by atoms with Crippen LogP contribution < -0.4 is 5.32 Å². The predicted molar refractivity (Wildman–Crippen MR) is 65.5 cm³/mol. The molecule has 1 aromatic carbocycles. The Hall–Kier alpha value is -0.530. The summed E-state index contributed by atoms with van der Waals surface area (Å²) in [5.41, 5.74) is 2.62. The summed E-state index contributed by atoms with van der Waals surface area (Å²) in [6.07, 6.45) is 5.09. The minimum atomic E-state index is 0.650. The van der Waals surface area contributed by atoms with Crippen LogP contribution in [0.15, 0.2) is 18.2 Å². The molecule has 1 aromatic rings. The van der Waals surface area contributed by atoms with Gasteiger partial charge in [-0.05, 0) is 56.0 Å². The summed E-state index contributed by atoms with van der Waals surface area (Å²) in [7, 11) is 0. The number of benzene rings is 1. The van der Waals surface area contributed by atoms with Crippen molar-refractivity contribution in [3.8, 4) is 0 Å². The third-order valence-electron chi connectivity index (χ3n) is 3.00. The van der Waals surface area contributed by atoms with E-state index in [9.17, 15) is 0 Å². The van der Waals surface area contributed by atoms with Gasteiger partial charge in [-0.1, -0.05) is 24.1 Å². The van der Waals surface area contributed by atoms with Crippen LogP contribution in [0.3, 0.4) is 0 Å². The Balaban J connectivity index is 2.02. The van der Waals surface area contributed by atoms with Crippen LogP contribution in [0.5, 0.6) is 0 Å². The van der Waals surface area contributed by atoms with E-state index in [0.29, 0.717) is 6.04 Å². The molecule has 15 heavy (non-hydrogen) atoms. The van der Waals surface area contributed by atoms with Crippen molar-refractivity contribution in [3.63, 3.8) is 0 Å². The minimum Gasteiger partial charge on any atom is -0.314 e. The molecule has 0 amide bonds. The zero-order valence-corrected chi connectivity index (χ0v) is 9.98. The van der Waals surface area contributed by atoms with E-state index in [1.807, 2.05) is 6.07 Å². The molecule has 1 nitrogen and oxygen atoms in total. The van der Waals surface area contributed by atoms with E-state index in [1.54, 1.807) is 0 Å². The molecule has 0 bridgehead atoms. The van der Waals surface area contributed by atoms with E-state index in [4.69, 9.17) is 11.6 Å². The number of aryl methyl sites for hydroxylation is 1. The van der Waals surface area contributed by atoms with Gasteiger partial charge in [0.05, 0.1) is 0 Å². The first-order valence-electron chi connectivity index (χ1n) is 5.73. The molecule has 1 atom stereocenters. The summed E-state index contributed by atoms with van der Waals surface area (Å²) in [6, 6.07) is 6.99. The molecule has 1 aliphatic rings. The molecule has 0 saturated carbocycles. The van der Waals surface area contributed by atoms with Crippen LogP contribution >= 0.6 is 11.6 Å². The Labute approximate surface area is 96.8 Å². The number of nitrogens with one attached hydrogen (secondary N) is 1. The smallest absolute Gasteiger partial charge is 0.0411 e. The number of rotatable bonds is 2. The lowest BCUT2D eigenvalue weighted by atomic mass is 9.97. The second kappa shape index (κ2) is 5.00. The summed E-state index contributed by atoms with van der Waals surface area (Å²) >= 11 is 6.05. The Morgan fingerprint density at radius 1 is 1.33 bits per heavy atom. The quantitative estimate of drug-likeness (QED) is 0.811. The van der Waals surface area contributed by atoms with Crippen molar-refractivity contribution in [2.45, 2.75) is 38.6 Å². The molecular formula is C13H18ClN. The molecule has 82 valence electrons. The first-order valence-corrected chi connectivity index (χ1v) is 6.11. The summed E-state index contributed by atoms with van der Waals surface area (Å²) in [5, 5.41) is 4.43. The SMILES string of the molecule is Cc1cc(Cl)cc(CC2CCCCN2)c1. The fourth-order valence-electron chi connectivity index (χ4n) is 2.31. The number of hydrogen-bond acceptors (Lipinski definition) is 1. The highest BCUT2D eigenvalue weighted by Crippen LogP contribution is 2.18. The van der Waals surface area contributed by atoms with Gasteiger partial charge in [0.1, 0.15) is 0 Å². The van der Waals surface area contributed by atoms with Crippen molar-refractivity contribution in [2.75, 3.05) is 6.54 Å². The average Bonchev–Trinajstić information content (AvgIpc) is 2.17. The van der Waals surface area contributed by atoms with Gasteiger partial charge < -0.3 is 5.32 Å². The van der Waals surface area contributed by atoms with E-state index in [0.717, 1.165) is 11.4 Å². The van der Waals surface area contributed by atoms with E-state index < -0.39 is 0 Å². The zero-order chi connectivity index (χ0) is 10.7. The highest BCUT2D eigenvalue weighted by Gasteiger charge is 2.13. The molecule has 1 heterocycles. The van der Waals surface area contributed by atoms with Crippen molar-refractivity contribution in [3.05, 3.63) is 34.3 Å². The van der Waals surface area contributed by atoms with Gasteiger partial charge in [0.2, 0.25) is 0 Å². The van der Waals surface area contributed by atoms with Crippen LogP contribution in [-0.2, 0) is 6.42 Å². The molecule has 0 spiro atoms. The molecule has 1 unspecified atom stereocenters. The lowest BCUT2D eigenvalue weighted by Gasteiger charge is -2.23. The van der Waals surface area contributed by atoms with Crippen LogP contribution in [-0.4, -0.2) is 12.6 Å². The van der Waals surface area contributed by atoms with E-state index >= 15 is 0 Å². The van der Waals surface area contributed by atoms with E-state index in [2.05, 4.69) is 24.4 Å². The van der Waals surface area contributed by atoms with Crippen LogP contribution in [0.4, 0.5) is 0 Å². The van der Waals surface area contributed by atoms with Gasteiger partial charge in [-0.2, -0.15) is 0 Å². The Kier molecular flexibility index (Phi) is 3.66. The van der Waals surface area contributed by atoms with Gasteiger partial charge in [-0.15, -0.1) is 0 Å².